The van der Waals surface area contributed by atoms with Gasteiger partial charge in [-0.25, -0.2) is 0 Å². The van der Waals surface area contributed by atoms with Crippen molar-refractivity contribution in [1.82, 2.24) is 0 Å². The van der Waals surface area contributed by atoms with E-state index in [0.29, 0.717) is 0 Å². The summed E-state index contributed by atoms with van der Waals surface area (Å²) in [6.07, 6.45) is 0. The lowest BCUT2D eigenvalue weighted by atomic mass is 10.4. The average Bonchev–Trinajstić information content (AvgIpc) is 2.00. The van der Waals surface area contributed by atoms with Crippen LogP contribution in [0.15, 0.2) is 0 Å². The summed E-state index contributed by atoms with van der Waals surface area (Å²) in [4.78, 5) is 0. The third-order valence-corrected chi connectivity index (χ3v) is 2.04. The second-order valence-electron chi connectivity index (χ2n) is 1.87. The van der Waals surface area contributed by atoms with Crippen LogP contribution in [0.25, 0.3) is 0 Å². The zero-order chi connectivity index (χ0) is 9.83. The van der Waals surface area contributed by atoms with Gasteiger partial charge in [0.25, 0.3) is 0 Å². The van der Waals surface area contributed by atoms with E-state index in [2.05, 4.69) is 4.43 Å². The summed E-state index contributed by atoms with van der Waals surface area (Å²) >= 11 is 0. The highest BCUT2D eigenvalue weighted by molar-refractivity contribution is 6.25. The molecule has 0 spiro atoms. The summed E-state index contributed by atoms with van der Waals surface area (Å²) in [6, 6.07) is 0. The fraction of sp³-hybridized carbons (Fsp3) is 1.00. The van der Waals surface area contributed by atoms with Crippen LogP contribution in [0, 0.1) is 0 Å². The Labute approximate surface area is 71.1 Å². The smallest absolute Gasteiger partial charge is 0.411 e. The summed E-state index contributed by atoms with van der Waals surface area (Å²) in [7, 11) is -2.66. The number of alkyl halides is 4. The van der Waals surface area contributed by atoms with Gasteiger partial charge in [-0.2, -0.15) is 17.6 Å². The number of hydrogen-bond acceptors (Lipinski definition) is 2. The lowest BCUT2D eigenvalue weighted by Gasteiger charge is -2.20. The van der Waals surface area contributed by atoms with E-state index >= 15 is 0 Å². The first-order chi connectivity index (χ1) is 5.37. The Bertz CT molecular complexity index is 163. The molecule has 0 saturated heterocycles. The molecular formula is C4H5F4O2Si2. The van der Waals surface area contributed by atoms with Gasteiger partial charge >= 0.3 is 20.9 Å². The third-order valence-electron chi connectivity index (χ3n) is 0.985. The van der Waals surface area contributed by atoms with Gasteiger partial charge in [0.15, 0.2) is 0 Å². The molecule has 0 bridgehead atoms. The first-order valence-corrected chi connectivity index (χ1v) is 5.12. The molecule has 69 valence electrons. The topological polar surface area (TPSA) is 26.3 Å². The van der Waals surface area contributed by atoms with Crippen molar-refractivity contribution >= 4 is 19.2 Å². The van der Waals surface area contributed by atoms with E-state index in [4.69, 9.17) is 0 Å². The molecule has 0 unspecified atom stereocenters. The molecule has 0 aromatic rings. The van der Waals surface area contributed by atoms with E-state index in [1.807, 2.05) is 0 Å². The van der Waals surface area contributed by atoms with Crippen molar-refractivity contribution in [3.63, 3.8) is 0 Å². The molecule has 0 fully saturated rings. The van der Waals surface area contributed by atoms with Crippen LogP contribution in [0.5, 0.6) is 0 Å². The summed E-state index contributed by atoms with van der Waals surface area (Å²) in [5.41, 5.74) is -4.49. The molecule has 0 heterocycles. The van der Waals surface area contributed by atoms with Gasteiger partial charge in [0.1, 0.15) is 6.61 Å². The maximum absolute atomic E-state index is 12.3. The minimum Gasteiger partial charge on any atom is -0.411 e. The molecule has 0 aliphatic heterocycles. The minimum absolute atomic E-state index is 0.300. The molecule has 0 aromatic heterocycles. The molecule has 2 nitrogen and oxygen atoms in total. The van der Waals surface area contributed by atoms with Crippen LogP contribution in [0.1, 0.15) is 0 Å². The number of hydrogen-bond donors (Lipinski definition) is 0. The Hall–Kier alpha value is -0.0862. The van der Waals surface area contributed by atoms with Crippen molar-refractivity contribution in [1.29, 1.82) is 0 Å². The predicted molar refractivity (Wildman–Crippen MR) is 33.9 cm³/mol. The van der Waals surface area contributed by atoms with Crippen molar-refractivity contribution < 1.29 is 26.4 Å². The zero-order valence-corrected chi connectivity index (χ0v) is 8.04. The van der Waals surface area contributed by atoms with Crippen LogP contribution in [-0.4, -0.2) is 37.2 Å². The van der Waals surface area contributed by atoms with Crippen molar-refractivity contribution in [2.45, 2.75) is 18.0 Å². The van der Waals surface area contributed by atoms with E-state index in [1.165, 1.54) is 6.55 Å². The van der Waals surface area contributed by atoms with Crippen LogP contribution in [0.3, 0.4) is 0 Å². The van der Waals surface area contributed by atoms with Crippen molar-refractivity contribution in [3.8, 4) is 0 Å². The van der Waals surface area contributed by atoms with Crippen LogP contribution >= 0.6 is 0 Å². The van der Waals surface area contributed by atoms with Gasteiger partial charge in [0.2, 0.25) is 9.76 Å². The van der Waals surface area contributed by atoms with Crippen molar-refractivity contribution in [3.05, 3.63) is 0 Å². The second kappa shape index (κ2) is 4.24. The summed E-state index contributed by atoms with van der Waals surface area (Å²) in [6.45, 7) is 0.0257. The van der Waals surface area contributed by atoms with Gasteiger partial charge in [0, 0.05) is 0 Å². The summed E-state index contributed by atoms with van der Waals surface area (Å²) in [5, 5.41) is 0. The molecule has 3 radical (unpaired) electrons. The third kappa shape index (κ3) is 2.75. The maximum Gasteiger partial charge on any atom is 0.416 e. The van der Waals surface area contributed by atoms with Gasteiger partial charge in [0.05, 0.1) is 0 Å². The molecule has 0 aliphatic rings. The summed E-state index contributed by atoms with van der Waals surface area (Å²) < 4.78 is 62.8. The molecule has 0 aromatic carbocycles. The van der Waals surface area contributed by atoms with Crippen LogP contribution in [0.2, 0.25) is 6.55 Å². The van der Waals surface area contributed by atoms with Gasteiger partial charge in [-0.15, -0.1) is 0 Å². The minimum atomic E-state index is -4.49. The van der Waals surface area contributed by atoms with E-state index in [9.17, 15) is 22.0 Å². The summed E-state index contributed by atoms with van der Waals surface area (Å²) in [5.74, 6) is -4.35. The molecule has 12 heavy (non-hydrogen) atoms. The van der Waals surface area contributed by atoms with E-state index in [-0.39, 0.29) is 9.76 Å². The quantitative estimate of drug-likeness (QED) is 0.506. The van der Waals surface area contributed by atoms with Gasteiger partial charge in [-0.05, 0) is 6.55 Å². The Morgan fingerprint density at radius 1 is 1.33 bits per heavy atom. The van der Waals surface area contributed by atoms with Gasteiger partial charge in [-0.3, -0.25) is 0 Å². The fourth-order valence-electron chi connectivity index (χ4n) is 0.328. The Kier molecular flexibility index (Phi) is 4.21. The zero-order valence-electron chi connectivity index (χ0n) is 6.04. The maximum atomic E-state index is 12.3. The normalized spacial score (nSPS) is 13.1. The van der Waals surface area contributed by atoms with Crippen molar-refractivity contribution in [2.75, 3.05) is 6.61 Å². The Balaban J connectivity index is 4.27. The largest absolute Gasteiger partial charge is 0.416 e. The highest BCUT2D eigenvalue weighted by Gasteiger charge is 2.57. The second-order valence-corrected chi connectivity index (χ2v) is 3.40. The Morgan fingerprint density at radius 2 is 1.83 bits per heavy atom. The molecule has 0 rings (SSSR count). The van der Waals surface area contributed by atoms with Crippen LogP contribution in [-0.2, 0) is 8.89 Å². The van der Waals surface area contributed by atoms with Crippen LogP contribution < -0.4 is 0 Å². The lowest BCUT2D eigenvalue weighted by Crippen LogP contribution is -2.46. The van der Waals surface area contributed by atoms with Gasteiger partial charge in [-0.1, -0.05) is 0 Å². The Morgan fingerprint density at radius 3 is 2.17 bits per heavy atom. The molecule has 0 amide bonds. The first kappa shape index (κ1) is 11.9. The van der Waals surface area contributed by atoms with E-state index < -0.39 is 27.5 Å². The predicted octanol–water partition coefficient (Wildman–Crippen LogP) is 0.948. The molecule has 0 aliphatic carbocycles. The van der Waals surface area contributed by atoms with Gasteiger partial charge < -0.3 is 8.89 Å². The van der Waals surface area contributed by atoms with E-state index in [1.54, 1.807) is 0 Å². The fourth-order valence-corrected chi connectivity index (χ4v) is 0.875. The van der Waals surface area contributed by atoms with Crippen LogP contribution in [0.4, 0.5) is 17.6 Å². The number of halogens is 4. The standard InChI is InChI=1S/C4H5F4O2Si2/c1-11-10-2-3(5,6)4(7,8)12-9/h2H2,1H3. The average molecular weight is 217 g/mol. The van der Waals surface area contributed by atoms with Crippen molar-refractivity contribution in [2.24, 2.45) is 0 Å². The molecule has 0 saturated carbocycles. The molecule has 0 N–H and O–H groups in total. The molecular weight excluding hydrogens is 212 g/mol. The number of rotatable bonds is 5. The molecule has 0 atom stereocenters. The molecule has 8 heteroatoms. The highest BCUT2D eigenvalue weighted by atomic mass is 28.2. The first-order valence-electron chi connectivity index (χ1n) is 2.81. The lowest BCUT2D eigenvalue weighted by molar-refractivity contribution is -0.177. The van der Waals surface area contributed by atoms with E-state index in [0.717, 1.165) is 0 Å². The highest BCUT2D eigenvalue weighted by Crippen LogP contribution is 2.31. The SMILES string of the molecule is C[Si]OCC(F)(F)C(F)(F)[Si]=O. The monoisotopic (exact) mass is 217 g/mol.